The maximum absolute atomic E-state index is 13.0. The van der Waals surface area contributed by atoms with Crippen LogP contribution in [0.5, 0.6) is 0 Å². The zero-order valence-corrected chi connectivity index (χ0v) is 8.92. The van der Waals surface area contributed by atoms with E-state index in [2.05, 4.69) is 10.3 Å². The molecule has 0 saturated carbocycles. The van der Waals surface area contributed by atoms with Crippen molar-refractivity contribution in [3.8, 4) is 0 Å². The zero-order valence-electron chi connectivity index (χ0n) is 8.17. The van der Waals surface area contributed by atoms with Gasteiger partial charge in [-0.1, -0.05) is 23.7 Å². The van der Waals surface area contributed by atoms with Crippen molar-refractivity contribution in [2.45, 2.75) is 13.0 Å². The SMILES string of the molecule is CC1NC(c2cccc(F)c2)=NC=C1Cl. The number of rotatable bonds is 1. The molecule has 1 aromatic rings. The number of nitrogens with zero attached hydrogens (tertiary/aromatic N) is 1. The van der Waals surface area contributed by atoms with Crippen LogP contribution < -0.4 is 5.32 Å². The normalized spacial score (nSPS) is 20.3. The Morgan fingerprint density at radius 3 is 2.93 bits per heavy atom. The Hall–Kier alpha value is -1.35. The summed E-state index contributed by atoms with van der Waals surface area (Å²) < 4.78 is 13.0. The lowest BCUT2D eigenvalue weighted by atomic mass is 10.1. The molecule has 0 bridgehead atoms. The first-order valence-electron chi connectivity index (χ1n) is 4.62. The summed E-state index contributed by atoms with van der Waals surface area (Å²) in [5.74, 6) is 0.372. The maximum atomic E-state index is 13.0. The molecule has 1 aromatic carbocycles. The van der Waals surface area contributed by atoms with Crippen LogP contribution in [0.1, 0.15) is 12.5 Å². The monoisotopic (exact) mass is 224 g/mol. The van der Waals surface area contributed by atoms with Crippen LogP contribution >= 0.6 is 11.6 Å². The first-order chi connectivity index (χ1) is 7.16. The third-order valence-electron chi connectivity index (χ3n) is 2.18. The molecule has 1 atom stereocenters. The van der Waals surface area contributed by atoms with Gasteiger partial charge in [-0.2, -0.15) is 0 Å². The highest BCUT2D eigenvalue weighted by molar-refractivity contribution is 6.30. The van der Waals surface area contributed by atoms with Gasteiger partial charge in [0.25, 0.3) is 0 Å². The highest BCUT2D eigenvalue weighted by Gasteiger charge is 2.14. The molecule has 0 aromatic heterocycles. The minimum absolute atomic E-state index is 0.0161. The molecule has 2 nitrogen and oxygen atoms in total. The summed E-state index contributed by atoms with van der Waals surface area (Å²) in [5.41, 5.74) is 0.724. The van der Waals surface area contributed by atoms with E-state index in [1.165, 1.54) is 12.1 Å². The van der Waals surface area contributed by atoms with Gasteiger partial charge in [-0.05, 0) is 19.1 Å². The fourth-order valence-electron chi connectivity index (χ4n) is 1.34. The summed E-state index contributed by atoms with van der Waals surface area (Å²) in [6.07, 6.45) is 1.59. The second-order valence-electron chi connectivity index (χ2n) is 3.37. The molecule has 1 N–H and O–H groups in total. The number of halogens is 2. The van der Waals surface area contributed by atoms with Crippen molar-refractivity contribution in [2.24, 2.45) is 4.99 Å². The molecule has 1 unspecified atom stereocenters. The number of amidine groups is 1. The van der Waals surface area contributed by atoms with E-state index in [-0.39, 0.29) is 11.9 Å². The highest BCUT2D eigenvalue weighted by atomic mass is 35.5. The molecule has 4 heteroatoms. The van der Waals surface area contributed by atoms with Gasteiger partial charge in [-0.3, -0.25) is 0 Å². The van der Waals surface area contributed by atoms with Gasteiger partial charge >= 0.3 is 0 Å². The minimum Gasteiger partial charge on any atom is -0.362 e. The standard InChI is InChI=1S/C11H10ClFN2/c1-7-10(12)6-14-11(15-7)8-3-2-4-9(13)5-8/h2-7H,1H3,(H,14,15). The van der Waals surface area contributed by atoms with E-state index >= 15 is 0 Å². The van der Waals surface area contributed by atoms with Gasteiger partial charge in [0.15, 0.2) is 0 Å². The van der Waals surface area contributed by atoms with Crippen LogP contribution in [-0.2, 0) is 0 Å². The molecule has 0 spiro atoms. The van der Waals surface area contributed by atoms with Gasteiger partial charge < -0.3 is 5.32 Å². The van der Waals surface area contributed by atoms with Crippen molar-refractivity contribution in [1.82, 2.24) is 5.32 Å². The van der Waals surface area contributed by atoms with Gasteiger partial charge in [0.2, 0.25) is 0 Å². The van der Waals surface area contributed by atoms with Crippen LogP contribution in [0.4, 0.5) is 4.39 Å². The zero-order chi connectivity index (χ0) is 10.8. The van der Waals surface area contributed by atoms with Crippen LogP contribution in [0.2, 0.25) is 0 Å². The van der Waals surface area contributed by atoms with E-state index in [4.69, 9.17) is 11.6 Å². The number of hydrogen-bond donors (Lipinski definition) is 1. The van der Waals surface area contributed by atoms with Crippen molar-refractivity contribution >= 4 is 17.4 Å². The number of nitrogens with one attached hydrogen (secondary N) is 1. The molecule has 1 aliphatic heterocycles. The molecule has 0 aliphatic carbocycles. The Balaban J connectivity index is 2.33. The topological polar surface area (TPSA) is 24.4 Å². The van der Waals surface area contributed by atoms with E-state index in [0.717, 1.165) is 5.56 Å². The number of aliphatic imine (C=N–C) groups is 1. The van der Waals surface area contributed by atoms with Gasteiger partial charge in [0, 0.05) is 11.8 Å². The van der Waals surface area contributed by atoms with Gasteiger partial charge in [-0.25, -0.2) is 9.38 Å². The third-order valence-corrected chi connectivity index (χ3v) is 2.61. The van der Waals surface area contributed by atoms with Crippen LogP contribution in [0.15, 0.2) is 40.5 Å². The van der Waals surface area contributed by atoms with Crippen LogP contribution in [0.3, 0.4) is 0 Å². The lowest BCUT2D eigenvalue weighted by Gasteiger charge is -2.19. The fourth-order valence-corrected chi connectivity index (χ4v) is 1.45. The Bertz CT molecular complexity index is 440. The molecule has 1 aliphatic rings. The lowest BCUT2D eigenvalue weighted by molar-refractivity contribution is 0.627. The number of benzene rings is 1. The predicted octanol–water partition coefficient (Wildman–Crippen LogP) is 2.64. The number of hydrogen-bond acceptors (Lipinski definition) is 2. The molecule has 0 saturated heterocycles. The minimum atomic E-state index is -0.273. The van der Waals surface area contributed by atoms with Crippen LogP contribution in [0.25, 0.3) is 0 Å². The van der Waals surface area contributed by atoms with E-state index < -0.39 is 0 Å². The summed E-state index contributed by atoms with van der Waals surface area (Å²) in [5, 5.41) is 3.74. The largest absolute Gasteiger partial charge is 0.362 e. The molecule has 0 radical (unpaired) electrons. The van der Waals surface area contributed by atoms with Crippen LogP contribution in [0, 0.1) is 5.82 Å². The Morgan fingerprint density at radius 1 is 1.47 bits per heavy atom. The summed E-state index contributed by atoms with van der Waals surface area (Å²) in [6.45, 7) is 1.92. The second kappa shape index (κ2) is 4.03. The van der Waals surface area contributed by atoms with E-state index in [1.54, 1.807) is 18.3 Å². The molecular formula is C11H10ClFN2. The lowest BCUT2D eigenvalue weighted by Crippen LogP contribution is -2.35. The molecule has 0 fully saturated rings. The van der Waals surface area contributed by atoms with Crippen molar-refractivity contribution in [3.63, 3.8) is 0 Å². The molecule has 0 amide bonds. The van der Waals surface area contributed by atoms with Gasteiger partial charge in [0.05, 0.1) is 11.1 Å². The fraction of sp³-hybridized carbons (Fsp3) is 0.182. The van der Waals surface area contributed by atoms with Crippen molar-refractivity contribution in [2.75, 3.05) is 0 Å². The average molecular weight is 225 g/mol. The average Bonchev–Trinajstić information content (AvgIpc) is 2.22. The predicted molar refractivity (Wildman–Crippen MR) is 59.5 cm³/mol. The van der Waals surface area contributed by atoms with Gasteiger partial charge in [-0.15, -0.1) is 0 Å². The molecular weight excluding hydrogens is 215 g/mol. The Morgan fingerprint density at radius 2 is 2.27 bits per heavy atom. The van der Waals surface area contributed by atoms with E-state index in [0.29, 0.717) is 10.9 Å². The summed E-state index contributed by atoms with van der Waals surface area (Å²) in [4.78, 5) is 4.12. The van der Waals surface area contributed by atoms with Crippen molar-refractivity contribution in [3.05, 3.63) is 46.9 Å². The molecule has 15 heavy (non-hydrogen) atoms. The Kier molecular flexibility index (Phi) is 2.73. The Labute approximate surface area is 92.5 Å². The first-order valence-corrected chi connectivity index (χ1v) is 5.00. The summed E-state index contributed by atoms with van der Waals surface area (Å²) >= 11 is 5.87. The van der Waals surface area contributed by atoms with Crippen molar-refractivity contribution < 1.29 is 4.39 Å². The molecule has 78 valence electrons. The van der Waals surface area contributed by atoms with E-state index in [9.17, 15) is 4.39 Å². The highest BCUT2D eigenvalue weighted by Crippen LogP contribution is 2.14. The second-order valence-corrected chi connectivity index (χ2v) is 3.80. The summed E-state index contributed by atoms with van der Waals surface area (Å²) in [6, 6.07) is 6.31. The maximum Gasteiger partial charge on any atom is 0.133 e. The van der Waals surface area contributed by atoms with E-state index in [1.807, 2.05) is 6.92 Å². The van der Waals surface area contributed by atoms with Crippen molar-refractivity contribution in [1.29, 1.82) is 0 Å². The molecule has 2 rings (SSSR count). The third kappa shape index (κ3) is 2.18. The molecule has 1 heterocycles. The van der Waals surface area contributed by atoms with Crippen LogP contribution in [-0.4, -0.2) is 11.9 Å². The van der Waals surface area contributed by atoms with Gasteiger partial charge in [0.1, 0.15) is 11.7 Å². The smallest absolute Gasteiger partial charge is 0.133 e. The first kappa shape index (κ1) is 10.2. The quantitative estimate of drug-likeness (QED) is 0.779. The summed E-state index contributed by atoms with van der Waals surface area (Å²) in [7, 11) is 0.